The molecule has 54 heavy (non-hydrogen) atoms. The van der Waals surface area contributed by atoms with Gasteiger partial charge >= 0.3 is 0 Å². The van der Waals surface area contributed by atoms with E-state index in [1.54, 1.807) is 43.0 Å². The van der Waals surface area contributed by atoms with Gasteiger partial charge in [0.05, 0.1) is 47.6 Å². The van der Waals surface area contributed by atoms with Crippen LogP contribution in [0.2, 0.25) is 0 Å². The number of carbonyl (C=O) groups is 4. The summed E-state index contributed by atoms with van der Waals surface area (Å²) >= 11 is 0. The van der Waals surface area contributed by atoms with Crippen molar-refractivity contribution in [1.29, 1.82) is 0 Å². The van der Waals surface area contributed by atoms with Crippen LogP contribution in [0.15, 0.2) is 29.2 Å². The summed E-state index contributed by atoms with van der Waals surface area (Å²) in [6.45, 7) is 13.7. The van der Waals surface area contributed by atoms with Crippen LogP contribution in [0.5, 0.6) is 0 Å². The van der Waals surface area contributed by atoms with E-state index < -0.39 is 63.8 Å². The van der Waals surface area contributed by atoms with Gasteiger partial charge in [-0.15, -0.1) is 0 Å². The Kier molecular flexibility index (Phi) is 16.1. The fourth-order valence-corrected chi connectivity index (χ4v) is 8.79. The third-order valence-corrected chi connectivity index (χ3v) is 12.9. The second-order valence-corrected chi connectivity index (χ2v) is 17.7. The van der Waals surface area contributed by atoms with Gasteiger partial charge in [-0.2, -0.15) is 0 Å². The Hall–Kier alpha value is -3.11. The van der Waals surface area contributed by atoms with Crippen LogP contribution in [0.1, 0.15) is 92.6 Å². The normalized spacial score (nSPS) is 20.8. The number of likely N-dealkylation sites (N-methyl/N-ethyl adjacent to an activating group) is 2. The zero-order valence-electron chi connectivity index (χ0n) is 34.2. The fourth-order valence-electron chi connectivity index (χ4n) is 7.72. The molecule has 0 radical (unpaired) electrons. The molecule has 0 spiro atoms. The number of methoxy groups -OCH3 is 2. The van der Waals surface area contributed by atoms with Crippen LogP contribution in [-0.2, 0) is 44.2 Å². The number of benzene rings is 1. The third kappa shape index (κ3) is 10.6. The number of nitrogens with zero attached hydrogens (tertiary/aromatic N) is 2. The number of rotatable bonds is 20. The molecule has 1 saturated carbocycles. The van der Waals surface area contributed by atoms with Gasteiger partial charge in [0.25, 0.3) is 10.0 Å². The Morgan fingerprint density at radius 1 is 0.963 bits per heavy atom. The van der Waals surface area contributed by atoms with Crippen LogP contribution in [0.25, 0.3) is 0 Å². The maximum atomic E-state index is 14.1. The van der Waals surface area contributed by atoms with Gasteiger partial charge in [-0.3, -0.25) is 19.2 Å². The van der Waals surface area contributed by atoms with Crippen molar-refractivity contribution in [2.45, 2.75) is 134 Å². The number of sulfonamides is 1. The first-order valence-corrected chi connectivity index (χ1v) is 20.8. The SMILES string of the molecule is CC[C@H](C)[C@@H]([C@@H](CC(=O)N1CCC[C@H]1[C@H](OC)[C@@H](C)C(=O)NS(=O)(=O)c1ccc(C2(N)CC2)cc1)OC)N(C)C(=O)[C@@H](NC(=O)[C@@H](NC)C(C)C)C(C)C. The van der Waals surface area contributed by atoms with Crippen molar-refractivity contribution in [3.8, 4) is 0 Å². The average molecular weight is 779 g/mol. The molecule has 15 heteroatoms. The van der Waals surface area contributed by atoms with Gasteiger partial charge in [-0.1, -0.05) is 67.0 Å². The van der Waals surface area contributed by atoms with E-state index in [0.717, 1.165) is 18.4 Å². The number of hydrogen-bond donors (Lipinski definition) is 4. The van der Waals surface area contributed by atoms with Gasteiger partial charge in [0.2, 0.25) is 23.6 Å². The first-order valence-electron chi connectivity index (χ1n) is 19.3. The Bertz CT molecular complexity index is 1550. The fraction of sp³-hybridized carbons (Fsp3) is 0.744. The minimum atomic E-state index is -4.18. The predicted octanol–water partition coefficient (Wildman–Crippen LogP) is 2.74. The van der Waals surface area contributed by atoms with Crippen LogP contribution in [-0.4, -0.2) is 113 Å². The minimum absolute atomic E-state index is 0.0134. The van der Waals surface area contributed by atoms with E-state index in [4.69, 9.17) is 15.2 Å². The standard InChI is InChI=1S/C39H66N6O8S/c1-12-25(6)34(44(9)38(49)33(24(4)5)42-37(48)32(41-8)23(2)3)30(52-10)22-31(46)45-21-13-14-29(45)35(53-11)26(7)36(47)43-54(50,51)28-17-15-27(16-18-28)39(40)19-20-39/h15-18,23-26,29-30,32-35,41H,12-14,19-22,40H2,1-11H3,(H,42,48)(H,43,47)/t25-,26+,29-,30+,32-,33-,34-,35+/m0/s1. The van der Waals surface area contributed by atoms with Crippen molar-refractivity contribution < 1.29 is 37.1 Å². The van der Waals surface area contributed by atoms with Crippen molar-refractivity contribution in [3.63, 3.8) is 0 Å². The third-order valence-electron chi connectivity index (χ3n) is 11.5. The van der Waals surface area contributed by atoms with E-state index in [9.17, 15) is 27.6 Å². The zero-order valence-corrected chi connectivity index (χ0v) is 35.0. The van der Waals surface area contributed by atoms with E-state index in [0.29, 0.717) is 25.8 Å². The van der Waals surface area contributed by atoms with Crippen LogP contribution < -0.4 is 21.1 Å². The molecular formula is C39H66N6O8S. The lowest BCUT2D eigenvalue weighted by Gasteiger charge is -2.41. The molecule has 8 atom stereocenters. The maximum Gasteiger partial charge on any atom is 0.264 e. The van der Waals surface area contributed by atoms with Crippen LogP contribution >= 0.6 is 0 Å². The van der Waals surface area contributed by atoms with Crippen molar-refractivity contribution >= 4 is 33.7 Å². The summed E-state index contributed by atoms with van der Waals surface area (Å²) in [7, 11) is 2.20. The molecule has 1 aliphatic carbocycles. The number of likely N-dealkylation sites (tertiary alicyclic amines) is 1. The number of nitrogens with one attached hydrogen (secondary N) is 3. The van der Waals surface area contributed by atoms with E-state index in [1.807, 2.05) is 41.5 Å². The molecule has 2 fully saturated rings. The highest BCUT2D eigenvalue weighted by atomic mass is 32.2. The Balaban J connectivity index is 1.76. The number of carbonyl (C=O) groups excluding carboxylic acids is 4. The second-order valence-electron chi connectivity index (χ2n) is 16.0. The topological polar surface area (TPSA) is 189 Å². The quantitative estimate of drug-likeness (QED) is 0.153. The summed E-state index contributed by atoms with van der Waals surface area (Å²) in [5.74, 6) is -2.66. The highest BCUT2D eigenvalue weighted by molar-refractivity contribution is 7.90. The van der Waals surface area contributed by atoms with E-state index in [-0.39, 0.29) is 46.8 Å². The summed E-state index contributed by atoms with van der Waals surface area (Å²) in [6.07, 6.45) is 2.09. The summed E-state index contributed by atoms with van der Waals surface area (Å²) < 4.78 is 40.4. The molecule has 1 saturated heterocycles. The average Bonchev–Trinajstić information content (AvgIpc) is 3.69. The zero-order chi connectivity index (χ0) is 40.7. The van der Waals surface area contributed by atoms with Crippen molar-refractivity contribution in [1.82, 2.24) is 25.2 Å². The molecule has 3 rings (SSSR count). The monoisotopic (exact) mass is 778 g/mol. The second kappa shape index (κ2) is 19.2. The Morgan fingerprint density at radius 3 is 2.04 bits per heavy atom. The molecule has 0 aromatic heterocycles. The molecule has 0 unspecified atom stereocenters. The molecule has 14 nitrogen and oxygen atoms in total. The minimum Gasteiger partial charge on any atom is -0.379 e. The van der Waals surface area contributed by atoms with Gasteiger partial charge in [0, 0.05) is 33.4 Å². The molecule has 1 heterocycles. The van der Waals surface area contributed by atoms with Crippen LogP contribution in [0, 0.1) is 23.7 Å². The van der Waals surface area contributed by atoms with E-state index in [1.165, 1.54) is 26.4 Å². The van der Waals surface area contributed by atoms with Crippen molar-refractivity contribution in [2.24, 2.45) is 29.4 Å². The maximum absolute atomic E-state index is 14.1. The molecule has 1 aromatic carbocycles. The summed E-state index contributed by atoms with van der Waals surface area (Å²) in [5.41, 5.74) is 6.67. The molecule has 0 bridgehead atoms. The molecule has 1 aromatic rings. The van der Waals surface area contributed by atoms with Crippen molar-refractivity contribution in [2.75, 3.05) is 34.9 Å². The summed E-state index contributed by atoms with van der Waals surface area (Å²) in [5, 5.41) is 6.00. The number of hydrogen-bond acceptors (Lipinski definition) is 10. The van der Waals surface area contributed by atoms with Crippen LogP contribution in [0.4, 0.5) is 0 Å². The molecular weight excluding hydrogens is 713 g/mol. The van der Waals surface area contributed by atoms with E-state index in [2.05, 4.69) is 15.4 Å². The van der Waals surface area contributed by atoms with Crippen LogP contribution in [0.3, 0.4) is 0 Å². The Morgan fingerprint density at radius 2 is 1.56 bits per heavy atom. The first kappa shape index (κ1) is 45.3. The van der Waals surface area contributed by atoms with Gasteiger partial charge < -0.3 is 35.6 Å². The number of ether oxygens (including phenoxy) is 2. The number of amides is 4. The van der Waals surface area contributed by atoms with Gasteiger partial charge in [0.15, 0.2) is 0 Å². The van der Waals surface area contributed by atoms with E-state index >= 15 is 0 Å². The molecule has 1 aliphatic heterocycles. The van der Waals surface area contributed by atoms with Gasteiger partial charge in [0.1, 0.15) is 6.04 Å². The lowest BCUT2D eigenvalue weighted by Crippen LogP contribution is -2.59. The predicted molar refractivity (Wildman–Crippen MR) is 207 cm³/mol. The smallest absolute Gasteiger partial charge is 0.264 e. The number of nitrogens with two attached hydrogens (primary N) is 1. The largest absolute Gasteiger partial charge is 0.379 e. The molecule has 5 N–H and O–H groups in total. The summed E-state index contributed by atoms with van der Waals surface area (Å²) in [6, 6.07) is 3.99. The Labute approximate surface area is 323 Å². The summed E-state index contributed by atoms with van der Waals surface area (Å²) in [4.78, 5) is 58.1. The lowest BCUT2D eigenvalue weighted by atomic mass is 9.89. The van der Waals surface area contributed by atoms with Gasteiger partial charge in [-0.25, -0.2) is 13.1 Å². The highest BCUT2D eigenvalue weighted by Gasteiger charge is 2.44. The van der Waals surface area contributed by atoms with Gasteiger partial charge in [-0.05, 0) is 68.2 Å². The lowest BCUT2D eigenvalue weighted by molar-refractivity contribution is -0.147. The molecule has 306 valence electrons. The highest BCUT2D eigenvalue weighted by Crippen LogP contribution is 2.42. The van der Waals surface area contributed by atoms with Crippen molar-refractivity contribution in [3.05, 3.63) is 29.8 Å². The first-order chi connectivity index (χ1) is 25.3. The molecule has 2 aliphatic rings. The molecule has 4 amide bonds.